The van der Waals surface area contributed by atoms with E-state index in [9.17, 15) is 14.7 Å². The van der Waals surface area contributed by atoms with Gasteiger partial charge in [-0.25, -0.2) is 0 Å². The van der Waals surface area contributed by atoms with Crippen molar-refractivity contribution in [2.45, 2.75) is 25.5 Å². The molecule has 3 aromatic rings. The first-order chi connectivity index (χ1) is 13.8. The average Bonchev–Trinajstić information content (AvgIpc) is 3.20. The fourth-order valence-corrected chi connectivity index (χ4v) is 5.13. The molecular formula is C22H17Br2NO3S. The van der Waals surface area contributed by atoms with Gasteiger partial charge in [0.05, 0.1) is 23.5 Å². The smallest absolute Gasteiger partial charge is 0.264 e. The summed E-state index contributed by atoms with van der Waals surface area (Å²) in [6, 6.07) is 16.6. The first kappa shape index (κ1) is 20.5. The summed E-state index contributed by atoms with van der Waals surface area (Å²) < 4.78 is 1.62. The van der Waals surface area contributed by atoms with E-state index >= 15 is 0 Å². The number of amides is 1. The van der Waals surface area contributed by atoms with Gasteiger partial charge in [0.1, 0.15) is 0 Å². The van der Waals surface area contributed by atoms with E-state index in [1.54, 1.807) is 23.1 Å². The number of aliphatic hydroxyl groups is 1. The normalized spacial score (nSPS) is 18.2. The Morgan fingerprint density at radius 1 is 1.14 bits per heavy atom. The van der Waals surface area contributed by atoms with Gasteiger partial charge in [0, 0.05) is 19.4 Å². The van der Waals surface area contributed by atoms with E-state index < -0.39 is 11.5 Å². The van der Waals surface area contributed by atoms with Crippen LogP contribution in [-0.4, -0.2) is 16.8 Å². The summed E-state index contributed by atoms with van der Waals surface area (Å²) in [6.45, 7) is 2.21. The van der Waals surface area contributed by atoms with Crippen LogP contribution in [0.3, 0.4) is 0 Å². The highest BCUT2D eigenvalue weighted by Crippen LogP contribution is 2.45. The molecule has 0 bridgehead atoms. The zero-order valence-corrected chi connectivity index (χ0v) is 19.5. The molecular weight excluding hydrogens is 518 g/mol. The third-order valence-corrected chi connectivity index (χ3v) is 7.32. The maximum absolute atomic E-state index is 13.4. The van der Waals surface area contributed by atoms with E-state index in [4.69, 9.17) is 0 Å². The predicted molar refractivity (Wildman–Crippen MR) is 121 cm³/mol. The first-order valence-corrected chi connectivity index (χ1v) is 11.4. The summed E-state index contributed by atoms with van der Waals surface area (Å²) in [5.41, 5.74) is 0.0892. The second-order valence-corrected chi connectivity index (χ2v) is 10.1. The maximum Gasteiger partial charge on any atom is 0.264 e. The summed E-state index contributed by atoms with van der Waals surface area (Å²) in [7, 11) is 0. The number of ketones is 1. The number of benzene rings is 2. The second kappa shape index (κ2) is 7.80. The molecule has 29 heavy (non-hydrogen) atoms. The van der Waals surface area contributed by atoms with Gasteiger partial charge in [0.25, 0.3) is 5.91 Å². The molecule has 0 saturated carbocycles. The van der Waals surface area contributed by atoms with Crippen molar-refractivity contribution in [1.82, 2.24) is 0 Å². The van der Waals surface area contributed by atoms with Gasteiger partial charge in [-0.05, 0) is 48.9 Å². The summed E-state index contributed by atoms with van der Waals surface area (Å²) in [4.78, 5) is 29.3. The van der Waals surface area contributed by atoms with E-state index in [2.05, 4.69) is 31.9 Å². The van der Waals surface area contributed by atoms with Crippen LogP contribution < -0.4 is 4.90 Å². The SMILES string of the molecule is Cc1ccc(C(=O)CC2(O)C(=O)N(Cc3ccccc3Br)c3ccc(Br)cc32)s1. The standard InChI is InChI=1S/C22H17Br2NO3S/c1-13-6-9-20(29-13)19(26)11-22(28)16-10-15(23)7-8-18(16)25(21(22)27)12-14-4-2-3-5-17(14)24/h2-10,28H,11-12H2,1H3. The molecule has 1 aliphatic heterocycles. The number of carbonyl (C=O) groups excluding carboxylic acids is 2. The number of aryl methyl sites for hydroxylation is 1. The fourth-order valence-electron chi connectivity index (χ4n) is 3.55. The van der Waals surface area contributed by atoms with E-state index in [1.165, 1.54) is 11.3 Å². The summed E-state index contributed by atoms with van der Waals surface area (Å²) >= 11 is 8.30. The molecule has 4 rings (SSSR count). The lowest BCUT2D eigenvalue weighted by molar-refractivity contribution is -0.136. The van der Waals surface area contributed by atoms with Gasteiger partial charge in [-0.3, -0.25) is 9.59 Å². The highest BCUT2D eigenvalue weighted by molar-refractivity contribution is 9.10. The van der Waals surface area contributed by atoms with E-state index in [0.717, 1.165) is 19.4 Å². The van der Waals surface area contributed by atoms with Crippen molar-refractivity contribution in [1.29, 1.82) is 0 Å². The zero-order chi connectivity index (χ0) is 20.8. The summed E-state index contributed by atoms with van der Waals surface area (Å²) in [6.07, 6.45) is -0.290. The van der Waals surface area contributed by atoms with E-state index in [-0.39, 0.29) is 12.2 Å². The van der Waals surface area contributed by atoms with Gasteiger partial charge in [-0.2, -0.15) is 0 Å². The summed E-state index contributed by atoms with van der Waals surface area (Å²) in [5.74, 6) is -0.726. The highest BCUT2D eigenvalue weighted by atomic mass is 79.9. The minimum Gasteiger partial charge on any atom is -0.375 e. The van der Waals surface area contributed by atoms with E-state index in [0.29, 0.717) is 22.7 Å². The Balaban J connectivity index is 1.73. The van der Waals surface area contributed by atoms with Crippen LogP contribution in [0.25, 0.3) is 0 Å². The predicted octanol–water partition coefficient (Wildman–Crippen LogP) is 5.59. The molecule has 1 aliphatic rings. The Labute approximate surface area is 189 Å². The van der Waals surface area contributed by atoms with Gasteiger partial charge >= 0.3 is 0 Å². The van der Waals surface area contributed by atoms with Gasteiger partial charge < -0.3 is 10.0 Å². The third-order valence-electron chi connectivity index (χ3n) is 5.01. The van der Waals surface area contributed by atoms with Crippen molar-refractivity contribution in [3.05, 3.63) is 84.4 Å². The number of thiophene rings is 1. The minimum absolute atomic E-state index is 0.243. The number of nitrogens with zero attached hydrogens (tertiary/aromatic N) is 1. The number of hydrogen-bond acceptors (Lipinski definition) is 4. The fraction of sp³-hybridized carbons (Fsp3) is 0.182. The van der Waals surface area contributed by atoms with Crippen LogP contribution in [-0.2, 0) is 16.9 Å². The van der Waals surface area contributed by atoms with Crippen LogP contribution in [0.1, 0.15) is 32.1 Å². The van der Waals surface area contributed by atoms with Crippen LogP contribution in [0.4, 0.5) is 5.69 Å². The van der Waals surface area contributed by atoms with Crippen LogP contribution >= 0.6 is 43.2 Å². The number of halogens is 2. The molecule has 1 N–H and O–H groups in total. The Morgan fingerprint density at radius 2 is 1.90 bits per heavy atom. The maximum atomic E-state index is 13.4. The molecule has 0 radical (unpaired) electrons. The largest absolute Gasteiger partial charge is 0.375 e. The van der Waals surface area contributed by atoms with E-state index in [1.807, 2.05) is 43.3 Å². The van der Waals surface area contributed by atoms with Gasteiger partial charge in [0.15, 0.2) is 11.4 Å². The van der Waals surface area contributed by atoms with Gasteiger partial charge in [-0.1, -0.05) is 50.1 Å². The molecule has 0 aliphatic carbocycles. The van der Waals surface area contributed by atoms with Gasteiger partial charge in [-0.15, -0.1) is 11.3 Å². The Bertz CT molecular complexity index is 1130. The van der Waals surface area contributed by atoms with Crippen molar-refractivity contribution in [2.24, 2.45) is 0 Å². The molecule has 0 fully saturated rings. The molecule has 7 heteroatoms. The number of fused-ring (bicyclic) bond motifs is 1. The number of carbonyl (C=O) groups is 2. The number of hydrogen-bond donors (Lipinski definition) is 1. The quantitative estimate of drug-likeness (QED) is 0.434. The molecule has 2 heterocycles. The van der Waals surface area contributed by atoms with Crippen LogP contribution in [0.2, 0.25) is 0 Å². The average molecular weight is 535 g/mol. The number of rotatable bonds is 5. The zero-order valence-electron chi connectivity index (χ0n) is 15.5. The lowest BCUT2D eigenvalue weighted by Gasteiger charge is -2.23. The second-order valence-electron chi connectivity index (χ2n) is 7.01. The monoisotopic (exact) mass is 533 g/mol. The molecule has 2 aromatic carbocycles. The Morgan fingerprint density at radius 3 is 2.59 bits per heavy atom. The van der Waals surface area contributed by atoms with Crippen molar-refractivity contribution in [3.8, 4) is 0 Å². The molecule has 4 nitrogen and oxygen atoms in total. The van der Waals surface area contributed by atoms with Crippen molar-refractivity contribution in [2.75, 3.05) is 4.90 Å². The molecule has 0 saturated heterocycles. The van der Waals surface area contributed by atoms with Crippen molar-refractivity contribution < 1.29 is 14.7 Å². The number of Topliss-reactive ketones (excluding diaryl/α,β-unsaturated/α-hetero) is 1. The Hall–Kier alpha value is -1.80. The van der Waals surface area contributed by atoms with Crippen molar-refractivity contribution in [3.63, 3.8) is 0 Å². The molecule has 1 unspecified atom stereocenters. The van der Waals surface area contributed by atoms with Crippen LogP contribution in [0, 0.1) is 6.92 Å². The third kappa shape index (κ3) is 3.72. The van der Waals surface area contributed by atoms with Gasteiger partial charge in [0.2, 0.25) is 0 Å². The van der Waals surface area contributed by atoms with Crippen molar-refractivity contribution >= 4 is 60.6 Å². The number of anilines is 1. The van der Waals surface area contributed by atoms with Crippen LogP contribution in [0.5, 0.6) is 0 Å². The highest BCUT2D eigenvalue weighted by Gasteiger charge is 2.51. The molecule has 148 valence electrons. The summed E-state index contributed by atoms with van der Waals surface area (Å²) in [5, 5.41) is 11.5. The molecule has 0 spiro atoms. The molecule has 1 amide bonds. The minimum atomic E-state index is -1.89. The first-order valence-electron chi connectivity index (χ1n) is 8.97. The lowest BCUT2D eigenvalue weighted by atomic mass is 9.89. The molecule has 1 aromatic heterocycles. The lowest BCUT2D eigenvalue weighted by Crippen LogP contribution is -2.41. The Kier molecular flexibility index (Phi) is 5.50. The molecule has 1 atom stereocenters. The topological polar surface area (TPSA) is 57.6 Å². The van der Waals surface area contributed by atoms with Crippen LogP contribution in [0.15, 0.2) is 63.5 Å².